The first-order valence-electron chi connectivity index (χ1n) is 3.37. The molecule has 0 heterocycles. The van der Waals surface area contributed by atoms with Gasteiger partial charge in [-0.15, -0.1) is 0 Å². The number of benzene rings is 1. The van der Waals surface area contributed by atoms with Crippen LogP contribution in [0.3, 0.4) is 0 Å². The summed E-state index contributed by atoms with van der Waals surface area (Å²) < 4.78 is 0.550. The highest BCUT2D eigenvalue weighted by Crippen LogP contribution is 2.26. The van der Waals surface area contributed by atoms with E-state index in [1.807, 2.05) is 0 Å². The van der Waals surface area contributed by atoms with Gasteiger partial charge in [-0.25, -0.2) is 4.74 Å². The minimum Gasteiger partial charge on any atom is -0.624 e. The Morgan fingerprint density at radius 1 is 1.42 bits per heavy atom. The number of aromatic hydroxyl groups is 2. The Labute approximate surface area is 69.6 Å². The van der Waals surface area contributed by atoms with Crippen molar-refractivity contribution in [3.63, 3.8) is 0 Å². The van der Waals surface area contributed by atoms with E-state index in [1.165, 1.54) is 25.4 Å². The van der Waals surface area contributed by atoms with Crippen molar-refractivity contribution in [2.75, 3.05) is 7.05 Å². The van der Waals surface area contributed by atoms with Gasteiger partial charge in [0.15, 0.2) is 17.7 Å². The third-order valence-electron chi connectivity index (χ3n) is 1.37. The van der Waals surface area contributed by atoms with Gasteiger partial charge in [-0.1, -0.05) is 6.07 Å². The van der Waals surface area contributed by atoms with Gasteiger partial charge in [0.1, 0.15) is 7.05 Å². The molecule has 0 aliphatic heterocycles. The highest BCUT2D eigenvalue weighted by atomic mass is 16.5. The molecule has 0 spiro atoms. The largest absolute Gasteiger partial charge is 0.624 e. The summed E-state index contributed by atoms with van der Waals surface area (Å²) in [5.41, 5.74) is 0.299. The number of rotatable bonds is 1. The van der Waals surface area contributed by atoms with Crippen LogP contribution in [0.15, 0.2) is 18.2 Å². The molecule has 0 atom stereocenters. The first-order valence-corrected chi connectivity index (χ1v) is 3.37. The van der Waals surface area contributed by atoms with Crippen LogP contribution in [0, 0.1) is 5.21 Å². The molecule has 0 saturated heterocycles. The zero-order valence-corrected chi connectivity index (χ0v) is 6.56. The lowest BCUT2D eigenvalue weighted by molar-refractivity contribution is -0.416. The molecule has 4 nitrogen and oxygen atoms in total. The minimum absolute atomic E-state index is 0.231. The fourth-order valence-corrected chi connectivity index (χ4v) is 0.849. The van der Waals surface area contributed by atoms with Crippen LogP contribution in [0.2, 0.25) is 0 Å². The monoisotopic (exact) mass is 167 g/mol. The Morgan fingerprint density at radius 2 is 2.08 bits per heavy atom. The van der Waals surface area contributed by atoms with E-state index < -0.39 is 0 Å². The molecule has 1 aromatic carbocycles. The molecule has 12 heavy (non-hydrogen) atoms. The second kappa shape index (κ2) is 3.13. The first kappa shape index (κ1) is 8.39. The van der Waals surface area contributed by atoms with Gasteiger partial charge in [-0.3, -0.25) is 0 Å². The number of hydrogen-bond donors (Lipinski definition) is 2. The Balaban J connectivity index is 3.17. The van der Waals surface area contributed by atoms with Gasteiger partial charge >= 0.3 is 0 Å². The Bertz CT molecular complexity index is 316. The van der Waals surface area contributed by atoms with Gasteiger partial charge in [0.25, 0.3) is 0 Å². The van der Waals surface area contributed by atoms with E-state index in [2.05, 4.69) is 0 Å². The second-order valence-electron chi connectivity index (χ2n) is 2.39. The van der Waals surface area contributed by atoms with Crippen molar-refractivity contribution in [3.8, 4) is 11.5 Å². The average molecular weight is 167 g/mol. The van der Waals surface area contributed by atoms with Crippen molar-refractivity contribution < 1.29 is 15.0 Å². The fraction of sp³-hybridized carbons (Fsp3) is 0.125. The van der Waals surface area contributed by atoms with Crippen LogP contribution in [0.4, 0.5) is 0 Å². The van der Waals surface area contributed by atoms with Crippen molar-refractivity contribution in [2.24, 2.45) is 0 Å². The number of para-hydroxylation sites is 1. The SMILES string of the molecule is C[N+]([O-])=Cc1cccc(O)c1O. The summed E-state index contributed by atoms with van der Waals surface area (Å²) in [4.78, 5) is 0. The maximum atomic E-state index is 10.5. The molecule has 2 N–H and O–H groups in total. The zero-order chi connectivity index (χ0) is 9.14. The molecule has 0 amide bonds. The predicted octanol–water partition coefficient (Wildman–Crippen LogP) is 0.657. The standard InChI is InChI=1S/C8H9NO3/c1-9(12)5-6-3-2-4-7(10)8(6)11/h2-5,10-11H,1H3. The normalized spacial score (nSPS) is 11.6. The molecule has 0 radical (unpaired) electrons. The molecular formula is C8H9NO3. The van der Waals surface area contributed by atoms with E-state index >= 15 is 0 Å². The lowest BCUT2D eigenvalue weighted by Crippen LogP contribution is -1.97. The maximum absolute atomic E-state index is 10.5. The molecular weight excluding hydrogens is 158 g/mol. The second-order valence-corrected chi connectivity index (χ2v) is 2.39. The van der Waals surface area contributed by atoms with Gasteiger partial charge < -0.3 is 15.4 Å². The highest BCUT2D eigenvalue weighted by molar-refractivity contribution is 5.81. The number of hydrogen-bond acceptors (Lipinski definition) is 3. The van der Waals surface area contributed by atoms with Gasteiger partial charge in [-0.05, 0) is 12.1 Å². The van der Waals surface area contributed by atoms with Crippen molar-refractivity contribution in [2.45, 2.75) is 0 Å². The van der Waals surface area contributed by atoms with Crippen molar-refractivity contribution >= 4 is 6.21 Å². The molecule has 0 aliphatic rings. The maximum Gasteiger partial charge on any atom is 0.185 e. The molecule has 0 unspecified atom stereocenters. The van der Waals surface area contributed by atoms with Crippen LogP contribution in [0.5, 0.6) is 11.5 Å². The number of hydroxylamine groups is 1. The minimum atomic E-state index is -0.278. The predicted molar refractivity (Wildman–Crippen MR) is 44.5 cm³/mol. The van der Waals surface area contributed by atoms with E-state index in [4.69, 9.17) is 5.11 Å². The summed E-state index contributed by atoms with van der Waals surface area (Å²) in [5.74, 6) is -0.509. The third kappa shape index (κ3) is 1.66. The fourth-order valence-electron chi connectivity index (χ4n) is 0.849. The van der Waals surface area contributed by atoms with Crippen LogP contribution >= 0.6 is 0 Å². The lowest BCUT2D eigenvalue weighted by Gasteiger charge is -2.00. The van der Waals surface area contributed by atoms with Crippen LogP contribution in [0.25, 0.3) is 0 Å². The quantitative estimate of drug-likeness (QED) is 0.212. The van der Waals surface area contributed by atoms with E-state index in [-0.39, 0.29) is 11.5 Å². The Morgan fingerprint density at radius 3 is 2.67 bits per heavy atom. The summed E-state index contributed by atoms with van der Waals surface area (Å²) in [6, 6.07) is 4.42. The molecule has 1 rings (SSSR count). The summed E-state index contributed by atoms with van der Waals surface area (Å²) in [7, 11) is 1.30. The Kier molecular flexibility index (Phi) is 2.19. The molecule has 64 valence electrons. The highest BCUT2D eigenvalue weighted by Gasteiger charge is 2.04. The molecule has 1 aromatic rings. The average Bonchev–Trinajstić information content (AvgIpc) is 1.98. The lowest BCUT2D eigenvalue weighted by atomic mass is 10.2. The van der Waals surface area contributed by atoms with Gasteiger partial charge in [0.05, 0.1) is 5.56 Å². The topological polar surface area (TPSA) is 66.5 Å². The molecule has 0 bridgehead atoms. The van der Waals surface area contributed by atoms with Crippen LogP contribution < -0.4 is 0 Å². The van der Waals surface area contributed by atoms with E-state index in [0.717, 1.165) is 0 Å². The summed E-state index contributed by atoms with van der Waals surface area (Å²) in [5, 5.41) is 28.8. The van der Waals surface area contributed by atoms with Crippen LogP contribution in [0.1, 0.15) is 5.56 Å². The summed E-state index contributed by atoms with van der Waals surface area (Å²) >= 11 is 0. The van der Waals surface area contributed by atoms with Crippen molar-refractivity contribution in [3.05, 3.63) is 29.0 Å². The summed E-state index contributed by atoms with van der Waals surface area (Å²) in [6.45, 7) is 0. The van der Waals surface area contributed by atoms with E-state index in [1.54, 1.807) is 6.07 Å². The molecule has 0 fully saturated rings. The van der Waals surface area contributed by atoms with Crippen LogP contribution in [-0.2, 0) is 0 Å². The zero-order valence-electron chi connectivity index (χ0n) is 6.56. The first-order chi connectivity index (χ1) is 5.61. The molecule has 0 aromatic heterocycles. The van der Waals surface area contributed by atoms with Gasteiger partial charge in [0, 0.05) is 0 Å². The molecule has 0 saturated carbocycles. The van der Waals surface area contributed by atoms with E-state index in [9.17, 15) is 10.3 Å². The molecule has 0 aliphatic carbocycles. The van der Waals surface area contributed by atoms with Gasteiger partial charge in [-0.2, -0.15) is 0 Å². The van der Waals surface area contributed by atoms with Crippen molar-refractivity contribution in [1.82, 2.24) is 0 Å². The number of nitrogens with zero attached hydrogens (tertiary/aromatic N) is 1. The van der Waals surface area contributed by atoms with Crippen LogP contribution in [-0.4, -0.2) is 28.2 Å². The van der Waals surface area contributed by atoms with E-state index in [0.29, 0.717) is 10.3 Å². The Hall–Kier alpha value is -1.71. The third-order valence-corrected chi connectivity index (χ3v) is 1.37. The smallest absolute Gasteiger partial charge is 0.185 e. The number of phenols is 2. The number of phenolic OH excluding ortho intramolecular Hbond substituents is 2. The van der Waals surface area contributed by atoms with Crippen molar-refractivity contribution in [1.29, 1.82) is 0 Å². The molecule has 4 heteroatoms. The van der Waals surface area contributed by atoms with Gasteiger partial charge in [0.2, 0.25) is 0 Å². The summed E-state index contributed by atoms with van der Waals surface area (Å²) in [6.07, 6.45) is 1.18.